The maximum Gasteiger partial charge on any atom is 0.408 e. The number of Topliss-reactive ketones (excluding diaryl/α,β-unsaturated/α-hetero) is 1. The lowest BCUT2D eigenvalue weighted by molar-refractivity contribution is -0.144. The molecule has 0 aromatic carbocycles. The molecule has 266 valence electrons. The monoisotopic (exact) mass is 701 g/mol. The maximum atomic E-state index is 14.2. The van der Waals surface area contributed by atoms with Crippen molar-refractivity contribution in [3.8, 4) is 0 Å². The minimum absolute atomic E-state index is 0.0346. The molecule has 2 aliphatic rings. The van der Waals surface area contributed by atoms with Gasteiger partial charge in [-0.1, -0.05) is 25.3 Å². The Morgan fingerprint density at radius 1 is 0.957 bits per heavy atom. The van der Waals surface area contributed by atoms with E-state index in [0.717, 1.165) is 32.1 Å². The zero-order chi connectivity index (χ0) is 35.5. The van der Waals surface area contributed by atoms with Crippen molar-refractivity contribution in [3.63, 3.8) is 0 Å². The number of hydrogen-bond donors (Lipinski definition) is 4. The largest absolute Gasteiger partial charge is 0.444 e. The van der Waals surface area contributed by atoms with E-state index in [1.54, 1.807) is 26.8 Å². The average molecular weight is 703 g/mol. The van der Waals surface area contributed by atoms with Crippen molar-refractivity contribution in [1.82, 2.24) is 26.2 Å². The molecule has 12 nitrogen and oxygen atoms in total. The highest BCUT2D eigenvalue weighted by Crippen LogP contribution is 2.35. The van der Waals surface area contributed by atoms with Crippen molar-refractivity contribution in [2.24, 2.45) is 11.8 Å². The van der Waals surface area contributed by atoms with E-state index in [-0.39, 0.29) is 37.8 Å². The van der Waals surface area contributed by atoms with Gasteiger partial charge in [-0.3, -0.25) is 24.0 Å². The third kappa shape index (κ3) is 13.3. The molecule has 2 fully saturated rings. The van der Waals surface area contributed by atoms with Gasteiger partial charge in [-0.25, -0.2) is 4.79 Å². The first-order valence-corrected chi connectivity index (χ1v) is 17.3. The lowest BCUT2D eigenvalue weighted by atomic mass is 9.83. The molecule has 5 amide bonds. The molecule has 1 unspecified atom stereocenters. The highest BCUT2D eigenvalue weighted by atomic mass is 35.5. The second-order valence-corrected chi connectivity index (χ2v) is 15.5. The molecule has 1 saturated heterocycles. The Hall–Kier alpha value is -2.86. The molecule has 2 rings (SSSR count). The summed E-state index contributed by atoms with van der Waals surface area (Å²) >= 11 is 12.6. The van der Waals surface area contributed by atoms with E-state index in [1.807, 2.05) is 20.8 Å². The van der Waals surface area contributed by atoms with Gasteiger partial charge in [-0.05, 0) is 79.6 Å². The molecule has 0 bridgehead atoms. The van der Waals surface area contributed by atoms with Gasteiger partial charge in [0.05, 0.1) is 6.04 Å². The SMILES string of the molecule is C=CCCC(NC(=O)[C@@H]1[C@@H](C(Cl)Cl)CCN1C(=O)[C@@H](NC(=O)OC(C)(C)C)C1CCCCC1)C(=O)C(=O)NCCC(=O)NC(C)(C)C. The summed E-state index contributed by atoms with van der Waals surface area (Å²) in [7, 11) is 0. The van der Waals surface area contributed by atoms with E-state index >= 15 is 0 Å². The van der Waals surface area contributed by atoms with Crippen LogP contribution in [0.2, 0.25) is 0 Å². The van der Waals surface area contributed by atoms with Crippen LogP contribution in [0.5, 0.6) is 0 Å². The molecular formula is C33H53Cl2N5O7. The molecule has 1 aliphatic carbocycles. The number of allylic oxidation sites excluding steroid dienone is 1. The van der Waals surface area contributed by atoms with Gasteiger partial charge in [-0.15, -0.1) is 29.8 Å². The van der Waals surface area contributed by atoms with Crippen molar-refractivity contribution in [1.29, 1.82) is 0 Å². The fraction of sp³-hybridized carbons (Fsp3) is 0.758. The van der Waals surface area contributed by atoms with Crippen molar-refractivity contribution in [3.05, 3.63) is 12.7 Å². The molecule has 0 radical (unpaired) electrons. The van der Waals surface area contributed by atoms with Gasteiger partial charge in [0.2, 0.25) is 23.5 Å². The summed E-state index contributed by atoms with van der Waals surface area (Å²) in [4.78, 5) is 79.5. The Bertz CT molecular complexity index is 1150. The number of likely N-dealkylation sites (tertiary alicyclic amines) is 1. The van der Waals surface area contributed by atoms with E-state index in [2.05, 4.69) is 27.8 Å². The van der Waals surface area contributed by atoms with Crippen molar-refractivity contribution in [2.45, 2.75) is 133 Å². The van der Waals surface area contributed by atoms with Crippen molar-refractivity contribution < 1.29 is 33.5 Å². The number of hydrogen-bond acceptors (Lipinski definition) is 7. The Morgan fingerprint density at radius 2 is 1.60 bits per heavy atom. The minimum Gasteiger partial charge on any atom is -0.444 e. The summed E-state index contributed by atoms with van der Waals surface area (Å²) in [5.74, 6) is -4.12. The van der Waals surface area contributed by atoms with E-state index < -0.39 is 69.6 Å². The molecule has 0 aromatic rings. The first-order chi connectivity index (χ1) is 21.8. The van der Waals surface area contributed by atoms with Crippen LogP contribution in [0.15, 0.2) is 12.7 Å². The second kappa shape index (κ2) is 18.1. The summed E-state index contributed by atoms with van der Waals surface area (Å²) in [6, 6.07) is -3.33. The number of amides is 5. The zero-order valence-electron chi connectivity index (χ0n) is 28.6. The van der Waals surface area contributed by atoms with Crippen molar-refractivity contribution in [2.75, 3.05) is 13.1 Å². The van der Waals surface area contributed by atoms with Crippen LogP contribution < -0.4 is 21.3 Å². The number of carbonyl (C=O) groups is 6. The van der Waals surface area contributed by atoms with E-state index in [9.17, 15) is 28.8 Å². The van der Waals surface area contributed by atoms with E-state index in [4.69, 9.17) is 27.9 Å². The molecule has 4 N–H and O–H groups in total. The molecule has 1 saturated carbocycles. The second-order valence-electron chi connectivity index (χ2n) is 14.4. The first kappa shape index (κ1) is 40.3. The Kier molecular flexibility index (Phi) is 15.5. The fourth-order valence-electron chi connectivity index (χ4n) is 5.95. The number of ether oxygens (including phenoxy) is 1. The Labute approximate surface area is 288 Å². The van der Waals surface area contributed by atoms with Gasteiger partial charge in [0, 0.05) is 31.0 Å². The summed E-state index contributed by atoms with van der Waals surface area (Å²) in [6.07, 6.45) is 5.76. The first-order valence-electron chi connectivity index (χ1n) is 16.5. The van der Waals surface area contributed by atoms with E-state index in [0.29, 0.717) is 12.8 Å². The predicted molar refractivity (Wildman–Crippen MR) is 181 cm³/mol. The number of halogens is 2. The normalized spacial score (nSPS) is 20.1. The number of alkyl halides is 2. The lowest BCUT2D eigenvalue weighted by Gasteiger charge is -2.36. The summed E-state index contributed by atoms with van der Waals surface area (Å²) in [6.45, 7) is 14.4. The molecule has 0 aromatic heterocycles. The Morgan fingerprint density at radius 3 is 2.15 bits per heavy atom. The number of nitrogens with one attached hydrogen (secondary N) is 4. The van der Waals surface area contributed by atoms with Gasteiger partial charge in [0.15, 0.2) is 0 Å². The van der Waals surface area contributed by atoms with Crippen LogP contribution in [0.3, 0.4) is 0 Å². The van der Waals surface area contributed by atoms with Gasteiger partial charge in [-0.2, -0.15) is 0 Å². The van der Waals surface area contributed by atoms with Crippen LogP contribution in [-0.4, -0.2) is 87.6 Å². The maximum absolute atomic E-state index is 14.2. The molecule has 47 heavy (non-hydrogen) atoms. The minimum atomic E-state index is -1.24. The fourth-order valence-corrected chi connectivity index (χ4v) is 6.48. The van der Waals surface area contributed by atoms with Crippen LogP contribution in [0.25, 0.3) is 0 Å². The summed E-state index contributed by atoms with van der Waals surface area (Å²) in [5.41, 5.74) is -1.23. The molecule has 14 heteroatoms. The predicted octanol–water partition coefficient (Wildman–Crippen LogP) is 3.92. The average Bonchev–Trinajstić information content (AvgIpc) is 3.42. The highest BCUT2D eigenvalue weighted by molar-refractivity contribution is 6.44. The van der Waals surface area contributed by atoms with Crippen LogP contribution in [0, 0.1) is 11.8 Å². The molecule has 4 atom stereocenters. The third-order valence-corrected chi connectivity index (χ3v) is 8.70. The molecule has 1 heterocycles. The van der Waals surface area contributed by atoms with Gasteiger partial charge >= 0.3 is 6.09 Å². The quantitative estimate of drug-likeness (QED) is 0.121. The number of alkyl carbamates (subject to hydrolysis) is 1. The molecule has 0 spiro atoms. The van der Waals surface area contributed by atoms with Crippen LogP contribution in [0.1, 0.15) is 99.3 Å². The summed E-state index contributed by atoms with van der Waals surface area (Å²) in [5, 5.41) is 10.7. The van der Waals surface area contributed by atoms with E-state index in [1.165, 1.54) is 4.90 Å². The smallest absolute Gasteiger partial charge is 0.408 e. The molecule has 1 aliphatic heterocycles. The number of nitrogens with zero attached hydrogens (tertiary/aromatic N) is 1. The topological polar surface area (TPSA) is 163 Å². The number of ketones is 1. The van der Waals surface area contributed by atoms with Gasteiger partial charge in [0.25, 0.3) is 5.91 Å². The highest BCUT2D eigenvalue weighted by Gasteiger charge is 2.48. The van der Waals surface area contributed by atoms with Crippen LogP contribution in [-0.2, 0) is 28.7 Å². The number of carbonyl (C=O) groups excluding carboxylic acids is 6. The third-order valence-electron chi connectivity index (χ3n) is 8.05. The van der Waals surface area contributed by atoms with Crippen molar-refractivity contribution >= 4 is 58.7 Å². The number of rotatable bonds is 14. The summed E-state index contributed by atoms with van der Waals surface area (Å²) < 4.78 is 5.46. The van der Waals surface area contributed by atoms with Crippen LogP contribution >= 0.6 is 23.2 Å². The van der Waals surface area contributed by atoms with Gasteiger partial charge in [0.1, 0.15) is 22.5 Å². The van der Waals surface area contributed by atoms with Crippen LogP contribution in [0.4, 0.5) is 4.79 Å². The Balaban J connectivity index is 2.26. The standard InChI is InChI=1S/C33H53Cl2N5O7/c1-8-9-15-22(26(42)29(44)36-18-16-23(41)39-32(2,3)4)37-28(43)25-21(27(34)35)17-19-40(25)30(45)24(20-13-11-10-12-14-20)38-31(46)47-33(5,6)7/h8,20-22,24-25,27H,1,9-19H2,2-7H3,(H,36,44)(H,37,43)(H,38,46)(H,39,41)/t21-,22?,24-,25-/m0/s1. The molecular weight excluding hydrogens is 649 g/mol. The lowest BCUT2D eigenvalue weighted by Crippen LogP contribution is -2.59. The zero-order valence-corrected chi connectivity index (χ0v) is 30.1. The van der Waals surface area contributed by atoms with Gasteiger partial charge < -0.3 is 30.9 Å².